The van der Waals surface area contributed by atoms with E-state index in [4.69, 9.17) is 0 Å². The number of fused-ring (bicyclic) bond motifs is 8. The lowest BCUT2D eigenvalue weighted by Gasteiger charge is -2.46. The molecule has 0 saturated heterocycles. The van der Waals surface area contributed by atoms with Gasteiger partial charge in [0.25, 0.3) is 0 Å². The standard InChI is InChI=1S/C42H48F6N2O5/c1-26(2)49-38(53)50(24-28-11-15-33(16-12-28)55-42(46,47)48)25-40(54)20-18-36-34-17-13-29(21-32(51)14-10-27(3)7-6-19-39(36,40)4)22-35(34)37(52)30-8-5-9-31(23-30)41(43,44)45/h5,7-9,11-13,15-17,22-23,26,32,36,51,54H,6,10,14,18-21,24-25H2,1-4H3,(H,49,53). The number of aliphatic hydroxyl groups is 2. The minimum Gasteiger partial charge on any atom is -0.406 e. The van der Waals surface area contributed by atoms with Crippen LogP contribution in [0.2, 0.25) is 0 Å². The van der Waals surface area contributed by atoms with Gasteiger partial charge in [0.2, 0.25) is 0 Å². The lowest BCUT2D eigenvalue weighted by atomic mass is 9.64. The van der Waals surface area contributed by atoms with Crippen molar-refractivity contribution >= 4 is 11.8 Å². The van der Waals surface area contributed by atoms with Gasteiger partial charge in [-0.25, -0.2) is 4.79 Å². The van der Waals surface area contributed by atoms with Crippen molar-refractivity contribution in [1.82, 2.24) is 10.2 Å². The van der Waals surface area contributed by atoms with E-state index in [1.54, 1.807) is 26.0 Å². The van der Waals surface area contributed by atoms with Crippen LogP contribution in [0.4, 0.5) is 31.1 Å². The van der Waals surface area contributed by atoms with E-state index in [9.17, 15) is 46.1 Å². The van der Waals surface area contributed by atoms with Crippen LogP contribution in [0.25, 0.3) is 0 Å². The molecule has 298 valence electrons. The van der Waals surface area contributed by atoms with Gasteiger partial charge in [0.1, 0.15) is 5.75 Å². The first-order valence-electron chi connectivity index (χ1n) is 18.5. The molecule has 4 atom stereocenters. The van der Waals surface area contributed by atoms with E-state index in [1.807, 2.05) is 19.9 Å². The summed E-state index contributed by atoms with van der Waals surface area (Å²) in [5.74, 6) is -1.51. The maximum absolute atomic E-state index is 14.3. The first-order valence-corrected chi connectivity index (χ1v) is 18.5. The number of ether oxygens (including phenoxy) is 1. The van der Waals surface area contributed by atoms with E-state index < -0.39 is 58.7 Å². The Balaban J connectivity index is 1.58. The molecule has 0 heterocycles. The Hall–Kier alpha value is -4.36. The van der Waals surface area contributed by atoms with Crippen molar-refractivity contribution in [2.75, 3.05) is 6.54 Å². The smallest absolute Gasteiger partial charge is 0.406 e. The Kier molecular flexibility index (Phi) is 12.5. The Morgan fingerprint density at radius 3 is 2.35 bits per heavy atom. The number of halogens is 6. The molecular formula is C42H48F6N2O5. The average molecular weight is 775 g/mol. The fourth-order valence-electron chi connectivity index (χ4n) is 8.06. The Bertz CT molecular complexity index is 1870. The van der Waals surface area contributed by atoms with Crippen LogP contribution in [0.1, 0.15) is 110 Å². The summed E-state index contributed by atoms with van der Waals surface area (Å²) in [7, 11) is 0. The quantitative estimate of drug-likeness (QED) is 0.120. The minimum atomic E-state index is -4.87. The van der Waals surface area contributed by atoms with Gasteiger partial charge in [-0.3, -0.25) is 4.79 Å². The number of nitrogens with zero attached hydrogens (tertiary/aromatic N) is 1. The first kappa shape index (κ1) is 41.8. The van der Waals surface area contributed by atoms with Crippen molar-refractivity contribution in [1.29, 1.82) is 0 Å². The Morgan fingerprint density at radius 2 is 1.69 bits per heavy atom. The molecule has 0 aliphatic heterocycles. The third-order valence-electron chi connectivity index (χ3n) is 11.1. The molecule has 0 aromatic heterocycles. The number of carbonyl (C=O) groups is 2. The maximum Gasteiger partial charge on any atom is 0.573 e. The van der Waals surface area contributed by atoms with Crippen LogP contribution in [-0.4, -0.2) is 57.6 Å². The van der Waals surface area contributed by atoms with Gasteiger partial charge < -0.3 is 25.2 Å². The largest absolute Gasteiger partial charge is 0.573 e. The van der Waals surface area contributed by atoms with E-state index in [0.29, 0.717) is 48.8 Å². The normalized spacial score (nSPS) is 23.5. The highest BCUT2D eigenvalue weighted by atomic mass is 19.4. The summed E-state index contributed by atoms with van der Waals surface area (Å²) in [6, 6.07) is 13.9. The van der Waals surface area contributed by atoms with Gasteiger partial charge in [-0.1, -0.05) is 55.0 Å². The van der Waals surface area contributed by atoms with Crippen LogP contribution in [-0.2, 0) is 19.1 Å². The molecule has 6 rings (SSSR count). The molecule has 7 nitrogen and oxygen atoms in total. The molecular weight excluding hydrogens is 726 g/mol. The Morgan fingerprint density at radius 1 is 0.982 bits per heavy atom. The predicted molar refractivity (Wildman–Crippen MR) is 195 cm³/mol. The summed E-state index contributed by atoms with van der Waals surface area (Å²) in [6.45, 7) is 7.23. The molecule has 1 fully saturated rings. The predicted octanol–water partition coefficient (Wildman–Crippen LogP) is 9.49. The van der Waals surface area contributed by atoms with Gasteiger partial charge in [-0.2, -0.15) is 13.2 Å². The number of carbonyl (C=O) groups excluding carboxylic acids is 2. The molecule has 3 aliphatic rings. The van der Waals surface area contributed by atoms with Gasteiger partial charge in [0, 0.05) is 29.1 Å². The van der Waals surface area contributed by atoms with Crippen molar-refractivity contribution in [3.05, 3.63) is 112 Å². The average Bonchev–Trinajstić information content (AvgIpc) is 3.35. The number of alkyl halides is 6. The SMILES string of the molecule is CC1=CCCC2(C)C(CCC2(O)CN(Cc2ccc(OC(F)(F)F)cc2)C(=O)NC(C)C)c2ccc(cc2C(=O)c2cccc(C(F)(F)F)c2)CC(O)CC1. The molecule has 3 aromatic carbocycles. The second kappa shape index (κ2) is 16.4. The lowest BCUT2D eigenvalue weighted by Crippen LogP contribution is -2.55. The number of hydrogen-bond acceptors (Lipinski definition) is 5. The zero-order chi connectivity index (χ0) is 40.3. The molecule has 13 heteroatoms. The summed E-state index contributed by atoms with van der Waals surface area (Å²) in [4.78, 5) is 29.4. The third-order valence-corrected chi connectivity index (χ3v) is 11.1. The van der Waals surface area contributed by atoms with Crippen molar-refractivity contribution in [2.45, 2.75) is 115 Å². The van der Waals surface area contributed by atoms with Crippen molar-refractivity contribution < 1.29 is 50.9 Å². The number of ketones is 1. The zero-order valence-electron chi connectivity index (χ0n) is 31.4. The monoisotopic (exact) mass is 774 g/mol. The van der Waals surface area contributed by atoms with Crippen LogP contribution in [0.3, 0.4) is 0 Å². The second-order valence-corrected chi connectivity index (χ2v) is 15.5. The number of amides is 2. The van der Waals surface area contributed by atoms with E-state index in [0.717, 1.165) is 29.8 Å². The third kappa shape index (κ3) is 10.1. The van der Waals surface area contributed by atoms with Gasteiger partial charge in [0.15, 0.2) is 5.78 Å². The van der Waals surface area contributed by atoms with Crippen LogP contribution < -0.4 is 10.1 Å². The summed E-state index contributed by atoms with van der Waals surface area (Å²) >= 11 is 0. The van der Waals surface area contributed by atoms with Crippen LogP contribution in [0.15, 0.2) is 78.4 Å². The van der Waals surface area contributed by atoms with E-state index in [1.165, 1.54) is 29.2 Å². The number of allylic oxidation sites excluding steroid dienone is 2. The molecule has 0 spiro atoms. The highest BCUT2D eigenvalue weighted by molar-refractivity contribution is 6.10. The summed E-state index contributed by atoms with van der Waals surface area (Å²) in [5.41, 5.74) is -0.711. The topological polar surface area (TPSA) is 99.1 Å². The number of nitrogens with one attached hydrogen (secondary N) is 1. The minimum absolute atomic E-state index is 0.0524. The molecule has 4 unspecified atom stereocenters. The summed E-state index contributed by atoms with van der Waals surface area (Å²) in [5, 5.41) is 26.6. The molecule has 3 N–H and O–H groups in total. The molecule has 2 bridgehead atoms. The fourth-order valence-corrected chi connectivity index (χ4v) is 8.06. The number of hydrogen-bond donors (Lipinski definition) is 3. The van der Waals surface area contributed by atoms with E-state index in [-0.39, 0.29) is 43.1 Å². The molecule has 0 radical (unpaired) electrons. The molecule has 3 aromatic rings. The van der Waals surface area contributed by atoms with Crippen molar-refractivity contribution in [3.8, 4) is 5.75 Å². The van der Waals surface area contributed by atoms with Crippen molar-refractivity contribution in [3.63, 3.8) is 0 Å². The highest BCUT2D eigenvalue weighted by Crippen LogP contribution is 2.59. The zero-order valence-corrected chi connectivity index (χ0v) is 31.4. The summed E-state index contributed by atoms with van der Waals surface area (Å²) < 4.78 is 83.7. The number of benzene rings is 3. The Labute approximate surface area is 317 Å². The lowest BCUT2D eigenvalue weighted by molar-refractivity contribution is -0.274. The highest BCUT2D eigenvalue weighted by Gasteiger charge is 2.57. The van der Waals surface area contributed by atoms with E-state index >= 15 is 0 Å². The second-order valence-electron chi connectivity index (χ2n) is 15.5. The number of rotatable bonds is 8. The van der Waals surface area contributed by atoms with Gasteiger partial charge in [-0.15, -0.1) is 13.2 Å². The van der Waals surface area contributed by atoms with Crippen LogP contribution in [0, 0.1) is 5.41 Å². The van der Waals surface area contributed by atoms with Gasteiger partial charge in [-0.05, 0) is 119 Å². The molecule has 2 amide bonds. The van der Waals surface area contributed by atoms with Gasteiger partial charge >= 0.3 is 18.6 Å². The summed E-state index contributed by atoms with van der Waals surface area (Å²) in [6.07, 6.45) is -5.40. The number of aliphatic hydroxyl groups excluding tert-OH is 1. The van der Waals surface area contributed by atoms with Crippen LogP contribution >= 0.6 is 0 Å². The van der Waals surface area contributed by atoms with E-state index in [2.05, 4.69) is 16.1 Å². The molecule has 55 heavy (non-hydrogen) atoms. The maximum atomic E-state index is 14.3. The number of urea groups is 1. The molecule has 3 aliphatic carbocycles. The first-order chi connectivity index (χ1) is 25.7. The fraction of sp³-hybridized carbons (Fsp3) is 0.476. The van der Waals surface area contributed by atoms with Crippen molar-refractivity contribution in [2.24, 2.45) is 5.41 Å². The van der Waals surface area contributed by atoms with Gasteiger partial charge in [0.05, 0.1) is 23.8 Å². The molecule has 1 saturated carbocycles. The van der Waals surface area contributed by atoms with Crippen LogP contribution in [0.5, 0.6) is 5.75 Å².